The van der Waals surface area contributed by atoms with Gasteiger partial charge < -0.3 is 9.84 Å². The predicted octanol–water partition coefficient (Wildman–Crippen LogP) is 2.22. The van der Waals surface area contributed by atoms with Gasteiger partial charge in [-0.2, -0.15) is 0 Å². The highest BCUT2D eigenvalue weighted by molar-refractivity contribution is 5.92. The Morgan fingerprint density at radius 2 is 2.35 bits per heavy atom. The molecule has 0 radical (unpaired) electrons. The van der Waals surface area contributed by atoms with Crippen molar-refractivity contribution in [2.45, 2.75) is 25.0 Å². The normalized spacial score (nSPS) is 26.1. The largest absolute Gasteiger partial charge is 0.508 e. The van der Waals surface area contributed by atoms with E-state index in [2.05, 4.69) is 6.58 Å². The number of anilines is 1. The first kappa shape index (κ1) is 10.2. The van der Waals surface area contributed by atoms with E-state index in [0.717, 1.165) is 24.1 Å². The molecular weight excluding hydrogens is 218 g/mol. The number of hydrogen-bond acceptors (Lipinski definition) is 3. The van der Waals surface area contributed by atoms with Gasteiger partial charge in [-0.15, -0.1) is 0 Å². The molecule has 1 amide bonds. The molecule has 0 bridgehead atoms. The number of rotatable bonds is 1. The van der Waals surface area contributed by atoms with Gasteiger partial charge in [0.1, 0.15) is 11.9 Å². The van der Waals surface area contributed by atoms with Gasteiger partial charge in [0.25, 0.3) is 0 Å². The highest BCUT2D eigenvalue weighted by atomic mass is 16.6. The summed E-state index contributed by atoms with van der Waals surface area (Å²) in [6.45, 7) is 3.69. The summed E-state index contributed by atoms with van der Waals surface area (Å²) in [7, 11) is 0. The molecule has 2 aliphatic rings. The van der Waals surface area contributed by atoms with Crippen LogP contribution in [0.15, 0.2) is 30.9 Å². The Kier molecular flexibility index (Phi) is 2.11. The lowest BCUT2D eigenvalue weighted by atomic mass is 9.93. The fraction of sp³-hybridized carbons (Fsp3) is 0.308. The van der Waals surface area contributed by atoms with Crippen LogP contribution in [0.4, 0.5) is 10.5 Å². The summed E-state index contributed by atoms with van der Waals surface area (Å²) in [6, 6.07) is 5.11. The number of carbonyl (C=O) groups is 1. The number of carbonyl (C=O) groups excluding carboxylic acids is 1. The maximum absolute atomic E-state index is 11.8. The number of benzene rings is 1. The fourth-order valence-electron chi connectivity index (χ4n) is 2.62. The molecule has 88 valence electrons. The number of fused-ring (bicyclic) bond motifs is 3. The second kappa shape index (κ2) is 3.52. The molecule has 4 heteroatoms. The number of phenols is 1. The van der Waals surface area contributed by atoms with E-state index in [1.807, 2.05) is 0 Å². The lowest BCUT2D eigenvalue weighted by molar-refractivity contribution is 0.153. The van der Waals surface area contributed by atoms with Crippen LogP contribution in [0, 0.1) is 0 Å². The smallest absolute Gasteiger partial charge is 0.415 e. The Balaban J connectivity index is 2.06. The van der Waals surface area contributed by atoms with Gasteiger partial charge in [0.15, 0.2) is 0 Å². The molecule has 1 aromatic carbocycles. The third kappa shape index (κ3) is 1.40. The van der Waals surface area contributed by atoms with Crippen LogP contribution in [0.1, 0.15) is 12.0 Å². The number of ether oxygens (including phenoxy) is 1. The molecule has 2 aliphatic heterocycles. The molecule has 2 atom stereocenters. The molecule has 1 aromatic rings. The predicted molar refractivity (Wildman–Crippen MR) is 63.2 cm³/mol. The second-order valence-corrected chi connectivity index (χ2v) is 4.37. The lowest BCUT2D eigenvalue weighted by Gasteiger charge is -2.30. The van der Waals surface area contributed by atoms with Crippen LogP contribution in [0.25, 0.3) is 0 Å². The Labute approximate surface area is 99.1 Å². The summed E-state index contributed by atoms with van der Waals surface area (Å²) < 4.78 is 5.25. The standard InChI is InChI=1S/C13H13NO3/c1-2-12-11-5-3-8-7-9(15)4-6-10(8)14(11)13(16)17-12/h2,4,6-7,11-12,15H,1,3,5H2/t11-,12+/m0/s1. The summed E-state index contributed by atoms with van der Waals surface area (Å²) in [5, 5.41) is 9.44. The topological polar surface area (TPSA) is 49.8 Å². The minimum atomic E-state index is -0.327. The van der Waals surface area contributed by atoms with E-state index in [-0.39, 0.29) is 24.0 Å². The van der Waals surface area contributed by atoms with Crippen LogP contribution in [-0.2, 0) is 11.2 Å². The van der Waals surface area contributed by atoms with E-state index >= 15 is 0 Å². The molecule has 0 spiro atoms. The zero-order valence-corrected chi connectivity index (χ0v) is 9.30. The van der Waals surface area contributed by atoms with Gasteiger partial charge >= 0.3 is 6.09 Å². The van der Waals surface area contributed by atoms with E-state index in [0.29, 0.717) is 0 Å². The zero-order valence-electron chi connectivity index (χ0n) is 9.30. The van der Waals surface area contributed by atoms with E-state index in [1.165, 1.54) is 0 Å². The number of hydrogen-bond donors (Lipinski definition) is 1. The molecule has 0 aromatic heterocycles. The van der Waals surface area contributed by atoms with Crippen LogP contribution in [0.3, 0.4) is 0 Å². The molecule has 0 aliphatic carbocycles. The lowest BCUT2D eigenvalue weighted by Crippen LogP contribution is -2.39. The van der Waals surface area contributed by atoms with Gasteiger partial charge in [0, 0.05) is 0 Å². The van der Waals surface area contributed by atoms with Crippen molar-refractivity contribution in [2.24, 2.45) is 0 Å². The van der Waals surface area contributed by atoms with Crippen molar-refractivity contribution >= 4 is 11.8 Å². The van der Waals surface area contributed by atoms with Crippen LogP contribution < -0.4 is 4.90 Å². The van der Waals surface area contributed by atoms with Crippen molar-refractivity contribution in [3.63, 3.8) is 0 Å². The molecule has 2 heterocycles. The molecule has 0 saturated carbocycles. The summed E-state index contributed by atoms with van der Waals surface area (Å²) in [4.78, 5) is 13.5. The van der Waals surface area contributed by atoms with Crippen molar-refractivity contribution in [3.8, 4) is 5.75 Å². The molecule has 3 rings (SSSR count). The first-order valence-corrected chi connectivity index (χ1v) is 5.65. The van der Waals surface area contributed by atoms with Gasteiger partial charge in [0.2, 0.25) is 0 Å². The maximum Gasteiger partial charge on any atom is 0.415 e. The third-order valence-electron chi connectivity index (χ3n) is 3.41. The zero-order chi connectivity index (χ0) is 12.0. The van der Waals surface area contributed by atoms with Gasteiger partial charge in [0.05, 0.1) is 11.7 Å². The molecule has 1 N–H and O–H groups in total. The van der Waals surface area contributed by atoms with Crippen molar-refractivity contribution in [3.05, 3.63) is 36.4 Å². The molecular formula is C13H13NO3. The third-order valence-corrected chi connectivity index (χ3v) is 3.41. The molecule has 0 unspecified atom stereocenters. The monoisotopic (exact) mass is 231 g/mol. The van der Waals surface area contributed by atoms with E-state index in [9.17, 15) is 9.90 Å². The van der Waals surface area contributed by atoms with Crippen LogP contribution in [0.5, 0.6) is 5.75 Å². The Bertz CT molecular complexity index is 497. The average Bonchev–Trinajstić information content (AvgIpc) is 2.66. The summed E-state index contributed by atoms with van der Waals surface area (Å²) in [5.74, 6) is 0.232. The Hall–Kier alpha value is -1.97. The fourth-order valence-corrected chi connectivity index (χ4v) is 2.62. The number of cyclic esters (lactones) is 1. The first-order valence-electron chi connectivity index (χ1n) is 5.65. The highest BCUT2D eigenvalue weighted by Gasteiger charge is 2.43. The van der Waals surface area contributed by atoms with Crippen LogP contribution >= 0.6 is 0 Å². The van der Waals surface area contributed by atoms with Gasteiger partial charge in [-0.1, -0.05) is 6.58 Å². The first-order chi connectivity index (χ1) is 8.20. The SMILES string of the molecule is C=C[C@H]1OC(=O)N2c3ccc(O)cc3CC[C@@H]12. The number of amides is 1. The second-order valence-electron chi connectivity index (χ2n) is 4.37. The molecule has 17 heavy (non-hydrogen) atoms. The number of aryl methyl sites for hydroxylation is 1. The summed E-state index contributed by atoms with van der Waals surface area (Å²) in [5.41, 5.74) is 1.83. The number of nitrogens with zero attached hydrogens (tertiary/aromatic N) is 1. The minimum Gasteiger partial charge on any atom is -0.508 e. The number of aromatic hydroxyl groups is 1. The molecule has 1 fully saturated rings. The van der Waals surface area contributed by atoms with E-state index < -0.39 is 0 Å². The average molecular weight is 231 g/mol. The highest BCUT2D eigenvalue weighted by Crippen LogP contribution is 2.38. The molecule has 1 saturated heterocycles. The van der Waals surface area contributed by atoms with Gasteiger partial charge in [-0.05, 0) is 42.7 Å². The van der Waals surface area contributed by atoms with Crippen molar-refractivity contribution < 1.29 is 14.6 Å². The van der Waals surface area contributed by atoms with Gasteiger partial charge in [-0.3, -0.25) is 4.90 Å². The minimum absolute atomic E-state index is 0.0389. The quantitative estimate of drug-likeness (QED) is 0.754. The van der Waals surface area contributed by atoms with Crippen molar-refractivity contribution in [1.82, 2.24) is 0 Å². The van der Waals surface area contributed by atoms with E-state index in [4.69, 9.17) is 4.74 Å². The maximum atomic E-state index is 11.8. The summed E-state index contributed by atoms with van der Waals surface area (Å²) >= 11 is 0. The summed E-state index contributed by atoms with van der Waals surface area (Å²) in [6.07, 6.45) is 2.79. The van der Waals surface area contributed by atoms with Crippen LogP contribution in [0.2, 0.25) is 0 Å². The van der Waals surface area contributed by atoms with Crippen LogP contribution in [-0.4, -0.2) is 23.3 Å². The van der Waals surface area contributed by atoms with Crippen molar-refractivity contribution in [2.75, 3.05) is 4.90 Å². The van der Waals surface area contributed by atoms with Crippen molar-refractivity contribution in [1.29, 1.82) is 0 Å². The Morgan fingerprint density at radius 1 is 1.53 bits per heavy atom. The van der Waals surface area contributed by atoms with E-state index in [1.54, 1.807) is 29.2 Å². The van der Waals surface area contributed by atoms with Gasteiger partial charge in [-0.25, -0.2) is 4.79 Å². The molecule has 4 nitrogen and oxygen atoms in total. The Morgan fingerprint density at radius 3 is 3.12 bits per heavy atom. The number of phenolic OH excluding ortho intramolecular Hbond substituents is 1.